The van der Waals surface area contributed by atoms with Crippen LogP contribution in [0.5, 0.6) is 0 Å². The molecule has 0 atom stereocenters. The Hall–Kier alpha value is -2.13. The maximum atomic E-state index is 13.8. The number of pyridine rings is 1. The van der Waals surface area contributed by atoms with Gasteiger partial charge >= 0.3 is 6.18 Å². The summed E-state index contributed by atoms with van der Waals surface area (Å²) in [5.41, 5.74) is 3.78. The van der Waals surface area contributed by atoms with Crippen molar-refractivity contribution in [3.05, 3.63) is 64.6 Å². The molecule has 39 heavy (non-hydrogen) atoms. The van der Waals surface area contributed by atoms with Crippen LogP contribution in [0.25, 0.3) is 17.2 Å². The van der Waals surface area contributed by atoms with Gasteiger partial charge in [0, 0.05) is 18.3 Å². The van der Waals surface area contributed by atoms with Gasteiger partial charge in [0.25, 0.3) is 0 Å². The molecule has 0 amide bonds. The standard InChI is InChI=1S/C29H36F3N5.2ClH/c1-21-19-22(2)33-27-26(21)34-28(29(30,31)32)37(27)20-24-10-8-23(9-11-24)7-6-14-35-17-12-25(13-18-35)36-15-4-3-5-16-36;;/h6-11,19,25H,3-5,12-18,20H2,1-2H3;2*1H. The van der Waals surface area contributed by atoms with Gasteiger partial charge in [-0.1, -0.05) is 42.8 Å². The van der Waals surface area contributed by atoms with Crippen molar-refractivity contribution in [2.75, 3.05) is 32.7 Å². The molecule has 4 heterocycles. The van der Waals surface area contributed by atoms with Crippen molar-refractivity contribution < 1.29 is 13.2 Å². The number of hydrogen-bond acceptors (Lipinski definition) is 4. The number of aryl methyl sites for hydroxylation is 2. The summed E-state index contributed by atoms with van der Waals surface area (Å²) in [6.07, 6.45) is 6.32. The minimum absolute atomic E-state index is 0. The molecule has 1 aromatic carbocycles. The fraction of sp³-hybridized carbons (Fsp3) is 0.517. The highest BCUT2D eigenvalue weighted by atomic mass is 35.5. The second kappa shape index (κ2) is 13.5. The number of likely N-dealkylation sites (tertiary alicyclic amines) is 2. The minimum atomic E-state index is -4.55. The molecule has 214 valence electrons. The summed E-state index contributed by atoms with van der Waals surface area (Å²) in [4.78, 5) is 13.5. The first-order valence-electron chi connectivity index (χ1n) is 13.4. The monoisotopic (exact) mass is 583 g/mol. The van der Waals surface area contributed by atoms with E-state index in [1.54, 1.807) is 19.9 Å². The molecule has 2 fully saturated rings. The van der Waals surface area contributed by atoms with Crippen molar-refractivity contribution in [1.82, 2.24) is 24.3 Å². The number of alkyl halides is 3. The van der Waals surface area contributed by atoms with Crippen molar-refractivity contribution in [2.24, 2.45) is 0 Å². The lowest BCUT2D eigenvalue weighted by molar-refractivity contribution is -0.146. The number of aromatic nitrogens is 3. The zero-order valence-electron chi connectivity index (χ0n) is 22.6. The van der Waals surface area contributed by atoms with Crippen molar-refractivity contribution in [2.45, 2.75) is 64.7 Å². The van der Waals surface area contributed by atoms with Crippen LogP contribution in [0.4, 0.5) is 13.2 Å². The highest BCUT2D eigenvalue weighted by molar-refractivity contribution is 5.85. The van der Waals surface area contributed by atoms with E-state index in [9.17, 15) is 13.2 Å². The largest absolute Gasteiger partial charge is 0.449 e. The second-order valence-corrected chi connectivity index (χ2v) is 10.5. The summed E-state index contributed by atoms with van der Waals surface area (Å²) < 4.78 is 42.5. The van der Waals surface area contributed by atoms with Crippen molar-refractivity contribution in [3.8, 4) is 0 Å². The van der Waals surface area contributed by atoms with Crippen LogP contribution in [-0.2, 0) is 12.7 Å². The van der Waals surface area contributed by atoms with Crippen LogP contribution >= 0.6 is 24.8 Å². The van der Waals surface area contributed by atoms with Crippen LogP contribution in [-0.4, -0.2) is 63.1 Å². The number of imidazole rings is 1. The van der Waals surface area contributed by atoms with Gasteiger partial charge in [0.15, 0.2) is 5.65 Å². The lowest BCUT2D eigenvalue weighted by Crippen LogP contribution is -2.46. The quantitative estimate of drug-likeness (QED) is 0.315. The van der Waals surface area contributed by atoms with Gasteiger partial charge in [-0.15, -0.1) is 24.8 Å². The Bertz CT molecular complexity index is 1240. The Labute approximate surface area is 241 Å². The average Bonchev–Trinajstić information content (AvgIpc) is 3.25. The fourth-order valence-corrected chi connectivity index (χ4v) is 5.77. The summed E-state index contributed by atoms with van der Waals surface area (Å²) in [5, 5.41) is 0. The third kappa shape index (κ3) is 7.54. The first-order chi connectivity index (χ1) is 17.8. The molecule has 5 rings (SSSR count). The Balaban J connectivity index is 0.00000210. The average molecular weight is 585 g/mol. The summed E-state index contributed by atoms with van der Waals surface area (Å²) in [7, 11) is 0. The third-order valence-corrected chi connectivity index (χ3v) is 7.73. The molecule has 5 nitrogen and oxygen atoms in total. The zero-order valence-corrected chi connectivity index (χ0v) is 24.2. The number of nitrogens with zero attached hydrogens (tertiary/aromatic N) is 5. The molecule has 2 saturated heterocycles. The topological polar surface area (TPSA) is 37.2 Å². The van der Waals surface area contributed by atoms with Gasteiger partial charge < -0.3 is 9.47 Å². The molecule has 2 aliphatic rings. The molecule has 10 heteroatoms. The van der Waals surface area contributed by atoms with Crippen LogP contribution in [0.1, 0.15) is 60.3 Å². The molecular weight excluding hydrogens is 546 g/mol. The lowest BCUT2D eigenvalue weighted by atomic mass is 10.00. The van der Waals surface area contributed by atoms with E-state index < -0.39 is 12.0 Å². The van der Waals surface area contributed by atoms with Gasteiger partial charge in [0.05, 0.1) is 6.54 Å². The zero-order chi connectivity index (χ0) is 26.0. The molecule has 0 aliphatic carbocycles. The number of rotatable bonds is 6. The van der Waals surface area contributed by atoms with E-state index >= 15 is 0 Å². The molecular formula is C29H38Cl2F3N5. The van der Waals surface area contributed by atoms with Crippen LogP contribution in [0.2, 0.25) is 0 Å². The van der Waals surface area contributed by atoms with E-state index in [0.29, 0.717) is 16.8 Å². The van der Waals surface area contributed by atoms with Gasteiger partial charge in [-0.25, -0.2) is 9.97 Å². The second-order valence-electron chi connectivity index (χ2n) is 10.5. The molecule has 0 spiro atoms. The fourth-order valence-electron chi connectivity index (χ4n) is 5.77. The number of hydrogen-bond donors (Lipinski definition) is 0. The summed E-state index contributed by atoms with van der Waals surface area (Å²) in [5.74, 6) is -0.906. The Morgan fingerprint density at radius 3 is 2.23 bits per heavy atom. The molecule has 2 aliphatic heterocycles. The number of fused-ring (bicyclic) bond motifs is 1. The summed E-state index contributed by atoms with van der Waals surface area (Å²) in [6, 6.07) is 10.2. The minimum Gasteiger partial charge on any atom is -0.301 e. The van der Waals surface area contributed by atoms with Crippen LogP contribution < -0.4 is 0 Å². The van der Waals surface area contributed by atoms with E-state index in [0.717, 1.165) is 36.8 Å². The molecule has 0 bridgehead atoms. The Morgan fingerprint density at radius 1 is 0.923 bits per heavy atom. The predicted molar refractivity (Wildman–Crippen MR) is 156 cm³/mol. The van der Waals surface area contributed by atoms with Crippen molar-refractivity contribution >= 4 is 42.1 Å². The molecule has 0 saturated carbocycles. The van der Waals surface area contributed by atoms with Gasteiger partial charge in [-0.05, 0) is 88.5 Å². The smallest absolute Gasteiger partial charge is 0.301 e. The van der Waals surface area contributed by atoms with Gasteiger partial charge in [-0.2, -0.15) is 13.2 Å². The predicted octanol–water partition coefficient (Wildman–Crippen LogP) is 6.92. The van der Waals surface area contributed by atoms with Gasteiger partial charge in [-0.3, -0.25) is 4.90 Å². The van der Waals surface area contributed by atoms with Gasteiger partial charge in [0.2, 0.25) is 5.82 Å². The van der Waals surface area contributed by atoms with Crippen molar-refractivity contribution in [1.29, 1.82) is 0 Å². The SMILES string of the molecule is Cc1cc(C)c2nc(C(F)(F)F)n(Cc3ccc(C=CCN4CCC(N5CCCCC5)CC4)cc3)c2n1.Cl.Cl. The molecule has 0 radical (unpaired) electrons. The Morgan fingerprint density at radius 2 is 1.59 bits per heavy atom. The third-order valence-electron chi connectivity index (χ3n) is 7.73. The van der Waals surface area contributed by atoms with Gasteiger partial charge in [0.1, 0.15) is 5.52 Å². The number of halogens is 5. The molecule has 0 unspecified atom stereocenters. The van der Waals surface area contributed by atoms with E-state index in [1.165, 1.54) is 49.8 Å². The highest BCUT2D eigenvalue weighted by Gasteiger charge is 2.38. The first-order valence-corrected chi connectivity index (χ1v) is 13.4. The lowest BCUT2D eigenvalue weighted by Gasteiger charge is -2.40. The Kier molecular flexibility index (Phi) is 10.9. The summed E-state index contributed by atoms with van der Waals surface area (Å²) in [6.45, 7) is 9.36. The maximum absolute atomic E-state index is 13.8. The van der Waals surface area contributed by atoms with Crippen LogP contribution in [0.15, 0.2) is 36.4 Å². The normalized spacial score (nSPS) is 17.9. The van der Waals surface area contributed by atoms with E-state index in [4.69, 9.17) is 0 Å². The molecule has 0 N–H and O–H groups in total. The number of piperidine rings is 2. The van der Waals surface area contributed by atoms with E-state index in [2.05, 4.69) is 31.9 Å². The maximum Gasteiger partial charge on any atom is 0.449 e. The van der Waals surface area contributed by atoms with E-state index in [1.807, 2.05) is 24.3 Å². The first kappa shape index (κ1) is 31.4. The van der Waals surface area contributed by atoms with Crippen molar-refractivity contribution in [3.63, 3.8) is 0 Å². The number of benzene rings is 1. The van der Waals surface area contributed by atoms with Crippen LogP contribution in [0.3, 0.4) is 0 Å². The van der Waals surface area contributed by atoms with E-state index in [-0.39, 0.29) is 37.0 Å². The molecule has 2 aromatic heterocycles. The summed E-state index contributed by atoms with van der Waals surface area (Å²) >= 11 is 0. The molecule has 3 aromatic rings. The van der Waals surface area contributed by atoms with Crippen LogP contribution in [0, 0.1) is 13.8 Å². The highest BCUT2D eigenvalue weighted by Crippen LogP contribution is 2.32.